The summed E-state index contributed by atoms with van der Waals surface area (Å²) >= 11 is 5.84. The summed E-state index contributed by atoms with van der Waals surface area (Å²) in [4.78, 5) is 12.6. The lowest BCUT2D eigenvalue weighted by atomic mass is 9.78. The largest absolute Gasteiger partial charge is 0.399 e. The molecular weight excluding hydrogens is 258 g/mol. The molecule has 2 aromatic carbocycles. The summed E-state index contributed by atoms with van der Waals surface area (Å²) in [5.74, 6) is 0.0638. The Morgan fingerprint density at radius 2 is 1.53 bits per heavy atom. The highest BCUT2D eigenvalue weighted by Crippen LogP contribution is 2.28. The predicted molar refractivity (Wildman–Crippen MR) is 79.7 cm³/mol. The zero-order valence-corrected chi connectivity index (χ0v) is 11.7. The molecule has 0 aliphatic heterocycles. The first kappa shape index (κ1) is 13.6. The van der Waals surface area contributed by atoms with Gasteiger partial charge in [0.2, 0.25) is 0 Å². The maximum atomic E-state index is 12.6. The van der Waals surface area contributed by atoms with Crippen molar-refractivity contribution in [3.8, 4) is 0 Å². The molecule has 0 heterocycles. The van der Waals surface area contributed by atoms with Crippen LogP contribution in [0, 0.1) is 0 Å². The normalized spacial score (nSPS) is 11.3. The van der Waals surface area contributed by atoms with Crippen LogP contribution in [-0.4, -0.2) is 5.78 Å². The van der Waals surface area contributed by atoms with Gasteiger partial charge in [0.25, 0.3) is 0 Å². The lowest BCUT2D eigenvalue weighted by molar-refractivity contribution is 0.0909. The van der Waals surface area contributed by atoms with E-state index in [9.17, 15) is 4.79 Å². The van der Waals surface area contributed by atoms with Crippen LogP contribution in [0.1, 0.15) is 29.8 Å². The molecular formula is C16H16ClNO. The summed E-state index contributed by atoms with van der Waals surface area (Å²) < 4.78 is 0. The molecule has 2 nitrogen and oxygen atoms in total. The van der Waals surface area contributed by atoms with Crippen LogP contribution in [0.3, 0.4) is 0 Å². The van der Waals surface area contributed by atoms with Crippen molar-refractivity contribution < 1.29 is 4.79 Å². The standard InChI is InChI=1S/C16H16ClNO/c1-16(2,12-5-9-14(18)10-6-12)15(19)11-3-7-13(17)8-4-11/h3-10H,18H2,1-2H3. The van der Waals surface area contributed by atoms with Crippen LogP contribution >= 0.6 is 11.6 Å². The van der Waals surface area contributed by atoms with Gasteiger partial charge < -0.3 is 5.73 Å². The molecule has 0 spiro atoms. The number of nitrogens with two attached hydrogens (primary N) is 1. The van der Waals surface area contributed by atoms with Gasteiger partial charge in [-0.2, -0.15) is 0 Å². The molecule has 0 bridgehead atoms. The molecule has 98 valence electrons. The Bertz CT molecular complexity index is 585. The highest BCUT2D eigenvalue weighted by Gasteiger charge is 2.30. The summed E-state index contributed by atoms with van der Waals surface area (Å²) in [5.41, 5.74) is 7.38. The van der Waals surface area contributed by atoms with E-state index in [4.69, 9.17) is 17.3 Å². The van der Waals surface area contributed by atoms with Gasteiger partial charge in [0, 0.05) is 16.3 Å². The van der Waals surface area contributed by atoms with Crippen molar-refractivity contribution in [1.82, 2.24) is 0 Å². The number of hydrogen-bond acceptors (Lipinski definition) is 2. The minimum Gasteiger partial charge on any atom is -0.399 e. The van der Waals surface area contributed by atoms with Crippen LogP contribution in [0.25, 0.3) is 0 Å². The second-order valence-electron chi connectivity index (χ2n) is 5.08. The van der Waals surface area contributed by atoms with Gasteiger partial charge in [-0.1, -0.05) is 23.7 Å². The van der Waals surface area contributed by atoms with Crippen LogP contribution in [0.2, 0.25) is 5.02 Å². The Morgan fingerprint density at radius 3 is 2.05 bits per heavy atom. The molecule has 0 aromatic heterocycles. The smallest absolute Gasteiger partial charge is 0.172 e. The lowest BCUT2D eigenvalue weighted by Crippen LogP contribution is -2.29. The van der Waals surface area contributed by atoms with Crippen molar-refractivity contribution in [3.05, 3.63) is 64.7 Å². The third-order valence-electron chi connectivity index (χ3n) is 3.31. The van der Waals surface area contributed by atoms with E-state index in [0.29, 0.717) is 16.3 Å². The average Bonchev–Trinajstić information content (AvgIpc) is 2.39. The van der Waals surface area contributed by atoms with Crippen molar-refractivity contribution in [3.63, 3.8) is 0 Å². The summed E-state index contributed by atoms with van der Waals surface area (Å²) in [7, 11) is 0. The van der Waals surface area contributed by atoms with Crippen molar-refractivity contribution in [2.45, 2.75) is 19.3 Å². The monoisotopic (exact) mass is 273 g/mol. The van der Waals surface area contributed by atoms with Gasteiger partial charge in [-0.15, -0.1) is 0 Å². The Morgan fingerprint density at radius 1 is 1.00 bits per heavy atom. The minimum atomic E-state index is -0.596. The fraction of sp³-hybridized carbons (Fsp3) is 0.188. The Kier molecular flexibility index (Phi) is 3.63. The number of nitrogen functional groups attached to an aromatic ring is 1. The van der Waals surface area contributed by atoms with Crippen molar-refractivity contribution in [2.75, 3.05) is 5.73 Å². The number of benzene rings is 2. The molecule has 3 heteroatoms. The molecule has 2 aromatic rings. The quantitative estimate of drug-likeness (QED) is 0.676. The van der Waals surface area contributed by atoms with Crippen molar-refractivity contribution >= 4 is 23.1 Å². The van der Waals surface area contributed by atoms with E-state index in [0.717, 1.165) is 5.56 Å². The molecule has 0 radical (unpaired) electrons. The zero-order valence-electron chi connectivity index (χ0n) is 11.0. The third-order valence-corrected chi connectivity index (χ3v) is 3.56. The molecule has 0 unspecified atom stereocenters. The van der Waals surface area contributed by atoms with Gasteiger partial charge in [-0.25, -0.2) is 0 Å². The van der Waals surface area contributed by atoms with E-state index in [-0.39, 0.29) is 5.78 Å². The van der Waals surface area contributed by atoms with Crippen LogP contribution in [0.15, 0.2) is 48.5 Å². The van der Waals surface area contributed by atoms with Crippen molar-refractivity contribution in [1.29, 1.82) is 0 Å². The number of Topliss-reactive ketones (excluding diaryl/α,β-unsaturated/α-hetero) is 1. The van der Waals surface area contributed by atoms with E-state index in [1.54, 1.807) is 24.3 Å². The highest BCUT2D eigenvalue weighted by atomic mass is 35.5. The van der Waals surface area contributed by atoms with Gasteiger partial charge in [0.1, 0.15) is 0 Å². The molecule has 0 aliphatic carbocycles. The van der Waals surface area contributed by atoms with Crippen LogP contribution in [0.4, 0.5) is 5.69 Å². The Labute approximate surface area is 118 Å². The molecule has 0 amide bonds. The lowest BCUT2D eigenvalue weighted by Gasteiger charge is -2.24. The summed E-state index contributed by atoms with van der Waals surface area (Å²) in [5, 5.41) is 0.627. The number of carbonyl (C=O) groups is 1. The molecule has 2 N–H and O–H groups in total. The van der Waals surface area contributed by atoms with Crippen LogP contribution < -0.4 is 5.73 Å². The average molecular weight is 274 g/mol. The van der Waals surface area contributed by atoms with Gasteiger partial charge in [-0.3, -0.25) is 4.79 Å². The number of anilines is 1. The Hall–Kier alpha value is -1.80. The van der Waals surface area contributed by atoms with Gasteiger partial charge in [0.05, 0.1) is 5.41 Å². The topological polar surface area (TPSA) is 43.1 Å². The van der Waals surface area contributed by atoms with Gasteiger partial charge >= 0.3 is 0 Å². The van der Waals surface area contributed by atoms with E-state index in [2.05, 4.69) is 0 Å². The SMILES string of the molecule is CC(C)(C(=O)c1ccc(Cl)cc1)c1ccc(N)cc1. The maximum absolute atomic E-state index is 12.6. The fourth-order valence-corrected chi connectivity index (χ4v) is 2.12. The molecule has 0 aliphatic rings. The summed E-state index contributed by atoms with van der Waals surface area (Å²) in [6.07, 6.45) is 0. The Balaban J connectivity index is 2.35. The van der Waals surface area contributed by atoms with Crippen LogP contribution in [0.5, 0.6) is 0 Å². The number of hydrogen-bond donors (Lipinski definition) is 1. The minimum absolute atomic E-state index is 0.0638. The molecule has 0 saturated carbocycles. The molecule has 0 fully saturated rings. The third kappa shape index (κ3) is 2.79. The number of carbonyl (C=O) groups excluding carboxylic acids is 1. The predicted octanol–water partition coefficient (Wildman–Crippen LogP) is 4.08. The van der Waals surface area contributed by atoms with Gasteiger partial charge in [0.15, 0.2) is 5.78 Å². The summed E-state index contributed by atoms with van der Waals surface area (Å²) in [6.45, 7) is 3.82. The van der Waals surface area contributed by atoms with E-state index < -0.39 is 5.41 Å². The van der Waals surface area contributed by atoms with E-state index in [1.807, 2.05) is 38.1 Å². The fourth-order valence-electron chi connectivity index (χ4n) is 1.99. The van der Waals surface area contributed by atoms with Crippen LogP contribution in [-0.2, 0) is 5.41 Å². The molecule has 0 saturated heterocycles. The van der Waals surface area contributed by atoms with E-state index in [1.165, 1.54) is 0 Å². The molecule has 2 rings (SSSR count). The number of halogens is 1. The number of rotatable bonds is 3. The second kappa shape index (κ2) is 5.06. The first-order valence-electron chi connectivity index (χ1n) is 6.07. The molecule has 0 atom stereocenters. The first-order valence-corrected chi connectivity index (χ1v) is 6.45. The van der Waals surface area contributed by atoms with Gasteiger partial charge in [-0.05, 0) is 55.8 Å². The maximum Gasteiger partial charge on any atom is 0.172 e. The second-order valence-corrected chi connectivity index (χ2v) is 5.52. The highest BCUT2D eigenvalue weighted by molar-refractivity contribution is 6.30. The summed E-state index contributed by atoms with van der Waals surface area (Å²) in [6, 6.07) is 14.4. The zero-order chi connectivity index (χ0) is 14.0. The van der Waals surface area contributed by atoms with E-state index >= 15 is 0 Å². The van der Waals surface area contributed by atoms with Crippen molar-refractivity contribution in [2.24, 2.45) is 0 Å². The number of ketones is 1. The first-order chi connectivity index (χ1) is 8.91. The molecule has 19 heavy (non-hydrogen) atoms.